The topological polar surface area (TPSA) is 0 Å². The fourth-order valence-electron chi connectivity index (χ4n) is 3.32. The minimum Gasteiger partial charge on any atom is -0.202 e. The molecule has 28 heavy (non-hydrogen) atoms. The largest absolute Gasteiger partial charge is 0.202 e. The summed E-state index contributed by atoms with van der Waals surface area (Å²) in [5.74, 6) is -5.83. The SMILES string of the molecule is Fc1c(F)c(Br)c(F)c(F)c1Br.c1ccc2c(c1)-c1cccc3cccc-2c13. The highest BCUT2D eigenvalue weighted by Crippen LogP contribution is 2.46. The summed E-state index contributed by atoms with van der Waals surface area (Å²) in [6.45, 7) is 0. The van der Waals surface area contributed by atoms with Crippen LogP contribution in [0.3, 0.4) is 0 Å². The molecular formula is C22H10Br2F4. The molecule has 0 N–H and O–H groups in total. The molecule has 4 aromatic carbocycles. The second-order valence-electron chi connectivity index (χ2n) is 6.14. The highest BCUT2D eigenvalue weighted by Gasteiger charge is 2.22. The summed E-state index contributed by atoms with van der Waals surface area (Å²) in [6, 6.07) is 21.8. The molecule has 0 aromatic heterocycles. The highest BCUT2D eigenvalue weighted by atomic mass is 79.9. The Balaban J connectivity index is 0.000000145. The predicted molar refractivity (Wildman–Crippen MR) is 110 cm³/mol. The molecule has 0 unspecified atom stereocenters. The Morgan fingerprint density at radius 1 is 0.464 bits per heavy atom. The number of halogens is 6. The fraction of sp³-hybridized carbons (Fsp3) is 0. The van der Waals surface area contributed by atoms with Crippen molar-refractivity contribution >= 4 is 42.6 Å². The molecule has 5 rings (SSSR count). The van der Waals surface area contributed by atoms with E-state index in [2.05, 4.69) is 92.5 Å². The first-order chi connectivity index (χ1) is 13.4. The fourth-order valence-corrected chi connectivity index (χ4v) is 4.02. The Hall–Kier alpha value is -2.18. The van der Waals surface area contributed by atoms with Gasteiger partial charge in [0.25, 0.3) is 0 Å². The van der Waals surface area contributed by atoms with Crippen LogP contribution in [0.2, 0.25) is 0 Å². The smallest absolute Gasteiger partial charge is 0.177 e. The molecule has 0 atom stereocenters. The van der Waals surface area contributed by atoms with Crippen molar-refractivity contribution < 1.29 is 17.6 Å². The summed E-state index contributed by atoms with van der Waals surface area (Å²) in [5, 5.41) is 2.75. The van der Waals surface area contributed by atoms with Crippen molar-refractivity contribution in [3.05, 3.63) is 92.9 Å². The summed E-state index contributed by atoms with van der Waals surface area (Å²) in [5.41, 5.74) is 5.50. The number of benzene rings is 4. The van der Waals surface area contributed by atoms with E-state index in [1.54, 1.807) is 0 Å². The predicted octanol–water partition coefficient (Wildman–Crippen LogP) is 8.26. The molecule has 140 valence electrons. The number of hydrogen-bond acceptors (Lipinski definition) is 0. The third kappa shape index (κ3) is 2.95. The van der Waals surface area contributed by atoms with Gasteiger partial charge in [0.1, 0.15) is 0 Å². The van der Waals surface area contributed by atoms with Crippen molar-refractivity contribution in [1.29, 1.82) is 0 Å². The van der Waals surface area contributed by atoms with Crippen molar-refractivity contribution in [1.82, 2.24) is 0 Å². The third-order valence-electron chi connectivity index (χ3n) is 4.57. The molecule has 0 saturated carbocycles. The minimum absolute atomic E-state index is 0.847. The summed E-state index contributed by atoms with van der Waals surface area (Å²) in [7, 11) is 0. The zero-order valence-electron chi connectivity index (χ0n) is 14.0. The molecule has 0 fully saturated rings. The van der Waals surface area contributed by atoms with Gasteiger partial charge in [0.15, 0.2) is 23.3 Å². The third-order valence-corrected chi connectivity index (χ3v) is 5.96. The van der Waals surface area contributed by atoms with Gasteiger partial charge < -0.3 is 0 Å². The molecule has 0 heterocycles. The maximum Gasteiger partial charge on any atom is 0.177 e. The van der Waals surface area contributed by atoms with E-state index < -0.39 is 32.2 Å². The molecule has 0 nitrogen and oxygen atoms in total. The van der Waals surface area contributed by atoms with E-state index >= 15 is 0 Å². The van der Waals surface area contributed by atoms with Crippen LogP contribution in [0, 0.1) is 23.3 Å². The number of fused-ring (bicyclic) bond motifs is 3. The lowest BCUT2D eigenvalue weighted by Gasteiger charge is -2.02. The van der Waals surface area contributed by atoms with Gasteiger partial charge in [-0.2, -0.15) is 0 Å². The van der Waals surface area contributed by atoms with Crippen LogP contribution in [0.15, 0.2) is 69.6 Å². The van der Waals surface area contributed by atoms with E-state index in [9.17, 15) is 17.6 Å². The zero-order chi connectivity index (χ0) is 20.0. The van der Waals surface area contributed by atoms with Gasteiger partial charge >= 0.3 is 0 Å². The van der Waals surface area contributed by atoms with Crippen molar-refractivity contribution in [3.8, 4) is 22.3 Å². The van der Waals surface area contributed by atoms with Gasteiger partial charge in [0.2, 0.25) is 0 Å². The Morgan fingerprint density at radius 3 is 1.21 bits per heavy atom. The first-order valence-electron chi connectivity index (χ1n) is 8.20. The van der Waals surface area contributed by atoms with Crippen LogP contribution < -0.4 is 0 Å². The Kier molecular flexibility index (Phi) is 5.02. The Bertz CT molecular complexity index is 1070. The van der Waals surface area contributed by atoms with Crippen molar-refractivity contribution in [2.24, 2.45) is 0 Å². The lowest BCUT2D eigenvalue weighted by molar-refractivity contribution is 0.439. The second kappa shape index (κ2) is 7.33. The molecule has 0 amide bonds. The quantitative estimate of drug-likeness (QED) is 0.112. The summed E-state index contributed by atoms with van der Waals surface area (Å²) < 4.78 is 48.6. The van der Waals surface area contributed by atoms with Gasteiger partial charge in [-0.1, -0.05) is 60.7 Å². The first kappa shape index (κ1) is 19.2. The average molecular weight is 510 g/mol. The standard InChI is InChI=1S/C16H10.C6Br2F4/c1-2-8-13-12(7-1)14-9-3-5-11-6-4-10-15(13)16(11)14;7-1-3(9)5(11)2(8)6(12)4(1)10/h1-10H;. The highest BCUT2D eigenvalue weighted by molar-refractivity contribution is 9.11. The summed E-state index contributed by atoms with van der Waals surface area (Å²) in [6.07, 6.45) is 0. The van der Waals surface area contributed by atoms with Crippen LogP contribution in [0.4, 0.5) is 17.6 Å². The van der Waals surface area contributed by atoms with Crippen molar-refractivity contribution in [3.63, 3.8) is 0 Å². The van der Waals surface area contributed by atoms with Crippen molar-refractivity contribution in [2.45, 2.75) is 0 Å². The van der Waals surface area contributed by atoms with Gasteiger partial charge in [-0.15, -0.1) is 0 Å². The Morgan fingerprint density at radius 2 is 0.821 bits per heavy atom. The first-order valence-corrected chi connectivity index (χ1v) is 9.79. The van der Waals surface area contributed by atoms with Gasteiger partial charge in [0.05, 0.1) is 8.95 Å². The van der Waals surface area contributed by atoms with Gasteiger partial charge in [0, 0.05) is 0 Å². The zero-order valence-corrected chi connectivity index (χ0v) is 17.2. The average Bonchev–Trinajstić information content (AvgIpc) is 3.06. The molecule has 0 aliphatic heterocycles. The van der Waals surface area contributed by atoms with Crippen LogP contribution in [0.25, 0.3) is 33.0 Å². The normalized spacial score (nSPS) is 11.2. The van der Waals surface area contributed by atoms with Crippen LogP contribution in [0.1, 0.15) is 0 Å². The van der Waals surface area contributed by atoms with Gasteiger partial charge in [-0.25, -0.2) is 17.6 Å². The van der Waals surface area contributed by atoms with Crippen LogP contribution in [0.5, 0.6) is 0 Å². The number of rotatable bonds is 0. The second-order valence-corrected chi connectivity index (χ2v) is 7.72. The maximum absolute atomic E-state index is 12.6. The van der Waals surface area contributed by atoms with Gasteiger partial charge in [-0.3, -0.25) is 0 Å². The van der Waals surface area contributed by atoms with E-state index in [1.165, 1.54) is 33.0 Å². The molecule has 0 saturated heterocycles. The Labute approximate surface area is 175 Å². The molecule has 0 bridgehead atoms. The number of hydrogen-bond donors (Lipinski definition) is 0. The van der Waals surface area contributed by atoms with Crippen LogP contribution >= 0.6 is 31.9 Å². The maximum atomic E-state index is 12.6. The molecule has 1 aliphatic rings. The van der Waals surface area contributed by atoms with Crippen molar-refractivity contribution in [2.75, 3.05) is 0 Å². The monoisotopic (exact) mass is 508 g/mol. The lowest BCUT2D eigenvalue weighted by atomic mass is 10.0. The summed E-state index contributed by atoms with van der Waals surface area (Å²) >= 11 is 4.73. The molecule has 0 radical (unpaired) electrons. The van der Waals surface area contributed by atoms with E-state index in [0.717, 1.165) is 0 Å². The van der Waals surface area contributed by atoms with E-state index in [0.29, 0.717) is 0 Å². The molecular weight excluding hydrogens is 500 g/mol. The minimum atomic E-state index is -1.46. The van der Waals surface area contributed by atoms with E-state index in [-0.39, 0.29) is 0 Å². The van der Waals surface area contributed by atoms with Crippen LogP contribution in [-0.2, 0) is 0 Å². The summed E-state index contributed by atoms with van der Waals surface area (Å²) in [4.78, 5) is 0. The lowest BCUT2D eigenvalue weighted by Crippen LogP contribution is -1.97. The molecule has 6 heteroatoms. The molecule has 4 aromatic rings. The van der Waals surface area contributed by atoms with E-state index in [4.69, 9.17) is 0 Å². The van der Waals surface area contributed by atoms with E-state index in [1.807, 2.05) is 0 Å². The van der Waals surface area contributed by atoms with Crippen LogP contribution in [-0.4, -0.2) is 0 Å². The van der Waals surface area contributed by atoms with Gasteiger partial charge in [-0.05, 0) is 64.9 Å². The molecule has 1 aliphatic carbocycles. The molecule has 0 spiro atoms.